The number of rotatable bonds is 7. The average Bonchev–Trinajstić information content (AvgIpc) is 3.15. The van der Waals surface area contributed by atoms with E-state index >= 15 is 4.39 Å². The van der Waals surface area contributed by atoms with Crippen LogP contribution in [0.3, 0.4) is 0 Å². The summed E-state index contributed by atoms with van der Waals surface area (Å²) in [7, 11) is 0. The minimum atomic E-state index is -2.32. The van der Waals surface area contributed by atoms with Crippen LogP contribution in [0.2, 0.25) is 14.8 Å². The Labute approximate surface area is 184 Å². The van der Waals surface area contributed by atoms with Crippen molar-refractivity contribution in [2.75, 3.05) is 13.2 Å². The van der Waals surface area contributed by atoms with E-state index in [0.717, 1.165) is 0 Å². The second-order valence-electron chi connectivity index (χ2n) is 7.04. The van der Waals surface area contributed by atoms with Crippen LogP contribution in [0.15, 0.2) is 18.2 Å². The first-order valence-electron chi connectivity index (χ1n) is 9.14. The van der Waals surface area contributed by atoms with Crippen molar-refractivity contribution < 1.29 is 28.2 Å². The number of ether oxygens (including phenoxy) is 2. The SMILES string of the molecule is CCOC(=O)[C@]1(N)[C@H]2[C@@H](C[C@H]1[As]C(=O)c1ccc(Cl)c(Cl)c1)[C@]2(F)C(=O)OCC. The van der Waals surface area contributed by atoms with Gasteiger partial charge in [0.15, 0.2) is 0 Å². The summed E-state index contributed by atoms with van der Waals surface area (Å²) in [5.74, 6) is -3.63. The number of nitrogens with two attached hydrogens (primary N) is 1. The normalized spacial score (nSPS) is 32.8. The van der Waals surface area contributed by atoms with Crippen molar-refractivity contribution in [3.8, 4) is 0 Å². The van der Waals surface area contributed by atoms with E-state index in [1.165, 1.54) is 12.1 Å². The fourth-order valence-electron chi connectivity index (χ4n) is 4.10. The topological polar surface area (TPSA) is 95.7 Å². The van der Waals surface area contributed by atoms with Crippen LogP contribution in [-0.2, 0) is 19.1 Å². The van der Waals surface area contributed by atoms with Gasteiger partial charge in [0.1, 0.15) is 0 Å². The van der Waals surface area contributed by atoms with E-state index in [0.29, 0.717) is 10.6 Å². The maximum atomic E-state index is 15.3. The summed E-state index contributed by atoms with van der Waals surface area (Å²) in [6.45, 7) is 3.26. The molecule has 157 valence electrons. The van der Waals surface area contributed by atoms with Crippen molar-refractivity contribution in [3.05, 3.63) is 33.8 Å². The van der Waals surface area contributed by atoms with Gasteiger partial charge in [-0.3, -0.25) is 0 Å². The molecule has 2 aliphatic carbocycles. The molecule has 29 heavy (non-hydrogen) atoms. The predicted molar refractivity (Wildman–Crippen MR) is 106 cm³/mol. The Hall–Kier alpha value is -1.14. The Kier molecular flexibility index (Phi) is 6.36. The van der Waals surface area contributed by atoms with Crippen LogP contribution in [0, 0.1) is 11.8 Å². The third-order valence-corrected chi connectivity index (χ3v) is 9.25. The second kappa shape index (κ2) is 8.18. The van der Waals surface area contributed by atoms with Crippen molar-refractivity contribution in [1.82, 2.24) is 0 Å². The van der Waals surface area contributed by atoms with Crippen LogP contribution < -0.4 is 5.73 Å². The number of fused-ring (bicyclic) bond motifs is 1. The molecule has 10 heteroatoms. The first-order valence-corrected chi connectivity index (χ1v) is 11.9. The molecule has 2 fully saturated rings. The molecule has 6 nitrogen and oxygen atoms in total. The Morgan fingerprint density at radius 2 is 1.79 bits per heavy atom. The van der Waals surface area contributed by atoms with E-state index < -0.39 is 55.4 Å². The third kappa shape index (κ3) is 3.60. The summed E-state index contributed by atoms with van der Waals surface area (Å²) >= 11 is 10.7. The Bertz CT molecular complexity index is 871. The number of halogens is 3. The standard InChI is InChI=1S/C19H20AsCl2FNO5/c1-3-28-16(26)18(23)10-8-13(19(24,14(10)18)17(27)29-4-2)20-15(25)9-5-6-11(21)12(22)7-9/h5-7,10,13-14H,3-4,8,24H2,1-2H3/t10-,13-,14+,18-,19-/m1/s1. The van der Waals surface area contributed by atoms with Gasteiger partial charge in [-0.2, -0.15) is 0 Å². The molecular weight excluding hydrogens is 487 g/mol. The summed E-state index contributed by atoms with van der Waals surface area (Å²) in [5, 5.41) is 0.556. The fourth-order valence-corrected chi connectivity index (χ4v) is 7.30. The number of carbonyl (C=O) groups excluding carboxylic acids is 3. The molecule has 1 aromatic rings. The first kappa shape index (κ1) is 22.5. The van der Waals surface area contributed by atoms with Crippen LogP contribution in [-0.4, -0.2) is 56.7 Å². The van der Waals surface area contributed by atoms with Gasteiger partial charge in [-0.05, 0) is 0 Å². The van der Waals surface area contributed by atoms with Crippen LogP contribution in [0.25, 0.3) is 0 Å². The van der Waals surface area contributed by atoms with E-state index in [1.807, 2.05) is 0 Å². The molecule has 0 saturated heterocycles. The monoisotopic (exact) mass is 506 g/mol. The zero-order valence-electron chi connectivity index (χ0n) is 15.8. The number of hydrogen-bond acceptors (Lipinski definition) is 6. The molecular formula is C19H20AsCl2FNO5. The third-order valence-electron chi connectivity index (χ3n) is 5.49. The molecule has 2 N–H and O–H groups in total. The van der Waals surface area contributed by atoms with E-state index in [4.69, 9.17) is 38.4 Å². The molecule has 0 unspecified atom stereocenters. The maximum absolute atomic E-state index is 15.3. The Morgan fingerprint density at radius 1 is 1.17 bits per heavy atom. The second-order valence-corrected chi connectivity index (χ2v) is 10.6. The number of hydrogen-bond donors (Lipinski definition) is 1. The van der Waals surface area contributed by atoms with E-state index in [1.54, 1.807) is 19.9 Å². The van der Waals surface area contributed by atoms with Crippen molar-refractivity contribution in [2.24, 2.45) is 17.6 Å². The van der Waals surface area contributed by atoms with Crippen LogP contribution in [0.4, 0.5) is 4.39 Å². The molecule has 0 amide bonds. The van der Waals surface area contributed by atoms with Gasteiger partial charge in [-0.25, -0.2) is 0 Å². The molecule has 0 spiro atoms. The molecule has 3 rings (SSSR count). The zero-order chi connectivity index (χ0) is 21.6. The van der Waals surface area contributed by atoms with Gasteiger partial charge in [0, 0.05) is 0 Å². The number of alkyl halides is 1. The van der Waals surface area contributed by atoms with Gasteiger partial charge < -0.3 is 0 Å². The molecule has 0 bridgehead atoms. The molecule has 1 aromatic carbocycles. The molecule has 2 aliphatic rings. The van der Waals surface area contributed by atoms with E-state index in [9.17, 15) is 14.4 Å². The number of esters is 2. The molecule has 5 atom stereocenters. The molecule has 2 saturated carbocycles. The van der Waals surface area contributed by atoms with E-state index in [-0.39, 0.29) is 29.2 Å². The van der Waals surface area contributed by atoms with Crippen LogP contribution >= 0.6 is 23.2 Å². The van der Waals surface area contributed by atoms with Crippen LogP contribution in [0.5, 0.6) is 0 Å². The van der Waals surface area contributed by atoms with Gasteiger partial charge >= 0.3 is 184 Å². The van der Waals surface area contributed by atoms with E-state index in [2.05, 4.69) is 0 Å². The molecule has 0 aliphatic heterocycles. The predicted octanol–water partition coefficient (Wildman–Crippen LogP) is 2.81. The molecule has 1 radical (unpaired) electrons. The van der Waals surface area contributed by atoms with Gasteiger partial charge in [0.25, 0.3) is 0 Å². The van der Waals surface area contributed by atoms with Gasteiger partial charge in [0.05, 0.1) is 0 Å². The van der Waals surface area contributed by atoms with Crippen molar-refractivity contribution >= 4 is 55.5 Å². The van der Waals surface area contributed by atoms with Gasteiger partial charge in [-0.15, -0.1) is 0 Å². The molecule has 0 aromatic heterocycles. The summed E-state index contributed by atoms with van der Waals surface area (Å²) in [6, 6.07) is 4.51. The average molecular weight is 507 g/mol. The summed E-state index contributed by atoms with van der Waals surface area (Å²) in [6.07, 6.45) is 0.141. The van der Waals surface area contributed by atoms with Crippen molar-refractivity contribution in [2.45, 2.75) is 36.2 Å². The van der Waals surface area contributed by atoms with Crippen LogP contribution in [0.1, 0.15) is 30.6 Å². The summed E-state index contributed by atoms with van der Waals surface area (Å²) in [5.41, 5.74) is 2.69. The Morgan fingerprint density at radius 3 is 2.38 bits per heavy atom. The summed E-state index contributed by atoms with van der Waals surface area (Å²) in [4.78, 5) is 37.6. The first-order chi connectivity index (χ1) is 13.6. The number of carbonyl (C=O) groups is 3. The Balaban J connectivity index is 1.86. The fraction of sp³-hybridized carbons (Fsp3) is 0.526. The van der Waals surface area contributed by atoms with Crippen molar-refractivity contribution in [1.29, 1.82) is 0 Å². The minimum absolute atomic E-state index is 0.0199. The zero-order valence-corrected chi connectivity index (χ0v) is 19.2. The number of benzene rings is 1. The quantitative estimate of drug-likeness (QED) is 0.451. The van der Waals surface area contributed by atoms with Crippen molar-refractivity contribution in [3.63, 3.8) is 0 Å². The molecule has 0 heterocycles. The van der Waals surface area contributed by atoms with Gasteiger partial charge in [0.2, 0.25) is 0 Å². The van der Waals surface area contributed by atoms with Gasteiger partial charge in [-0.1, -0.05) is 0 Å². The summed E-state index contributed by atoms with van der Waals surface area (Å²) < 4.78 is 24.5.